The summed E-state index contributed by atoms with van der Waals surface area (Å²) in [6, 6.07) is 0.909. The van der Waals surface area contributed by atoms with Crippen molar-refractivity contribution in [3.63, 3.8) is 0 Å². The molecule has 5 aliphatic heterocycles. The SMILES string of the molecule is Cc1cn([C@H]2CC(OP(=O)(O)OC[C@H]3O[C@@H](n4cc(C)c(=O)[nH]c4=O)CC3OP(=O)(O)OC[C@H]3O[C@@H](n4cc(C)c(=O)[nH]c4=O)CC3OP(=O)(O)OC[C@H]3O[C@@H](n4cc(C)c(=O)[nH]c4=O)CC3OP(=O)(O)OC[C@H]3O[C@@H](n4ccc(=O)[nH]c4=O)[C@@H](O)C3O)[C@@H](CO)O2)c(=O)[nH]c1=O. The minimum absolute atomic E-state index is 0.0163. The summed E-state index contributed by atoms with van der Waals surface area (Å²) < 4.78 is 131. The quantitative estimate of drug-likeness (QED) is 0.0233. The van der Waals surface area contributed by atoms with Gasteiger partial charge in [0.15, 0.2) is 6.23 Å². The highest BCUT2D eigenvalue weighted by atomic mass is 31.2. The van der Waals surface area contributed by atoms with Crippen LogP contribution < -0.4 is 56.2 Å². The highest BCUT2D eigenvalue weighted by Gasteiger charge is 2.51. The fraction of sp³-hybridized carbons (Fsp3) is 0.592. The van der Waals surface area contributed by atoms with E-state index < -0.39 is 238 Å². The van der Waals surface area contributed by atoms with E-state index in [9.17, 15) is 101 Å². The van der Waals surface area contributed by atoms with E-state index in [2.05, 4.69) is 9.97 Å². The number of H-pyrrole nitrogens is 5. The third kappa shape index (κ3) is 17.1. The van der Waals surface area contributed by atoms with Crippen molar-refractivity contribution >= 4 is 31.3 Å². The Morgan fingerprint density at radius 3 is 0.990 bits per heavy atom. The van der Waals surface area contributed by atoms with Crippen LogP contribution in [-0.2, 0) is 78.1 Å². The summed E-state index contributed by atoms with van der Waals surface area (Å²) in [5.41, 5.74) is -9.06. The number of rotatable bonds is 26. The minimum Gasteiger partial charge on any atom is -0.394 e. The predicted octanol–water partition coefficient (Wildman–Crippen LogP) is -4.26. The molecule has 0 amide bonds. The molecule has 12 N–H and O–H groups in total. The van der Waals surface area contributed by atoms with Crippen LogP contribution in [0.5, 0.6) is 0 Å². The normalized spacial score (nSPS) is 30.7. The number of nitrogens with one attached hydrogen (secondary N) is 5. The van der Waals surface area contributed by atoms with Crippen molar-refractivity contribution in [3.8, 4) is 0 Å². The molecule has 5 fully saturated rings. The lowest BCUT2D eigenvalue weighted by Crippen LogP contribution is -2.37. The second-order valence-corrected chi connectivity index (χ2v) is 28.4. The summed E-state index contributed by atoms with van der Waals surface area (Å²) in [5, 5.41) is 31.5. The van der Waals surface area contributed by atoms with Gasteiger partial charge in [-0.25, -0.2) is 42.2 Å². The average Bonchev–Trinajstić information content (AvgIpc) is 1.57. The molecule has 5 aliphatic rings. The smallest absolute Gasteiger partial charge is 0.394 e. The van der Waals surface area contributed by atoms with E-state index in [0.29, 0.717) is 0 Å². The van der Waals surface area contributed by atoms with E-state index in [1.807, 2.05) is 15.0 Å². The molecule has 5 aromatic rings. The highest BCUT2D eigenvalue weighted by molar-refractivity contribution is 7.48. The highest BCUT2D eigenvalue weighted by Crippen LogP contribution is 2.55. The number of aliphatic hydroxyl groups excluding tert-OH is 3. The zero-order valence-corrected chi connectivity index (χ0v) is 54.3. The minimum atomic E-state index is -5.60. The molecule has 44 nitrogen and oxygen atoms in total. The van der Waals surface area contributed by atoms with Gasteiger partial charge in [-0.1, -0.05) is 0 Å². The molecule has 97 heavy (non-hydrogen) atoms. The molecule has 0 aliphatic carbocycles. The van der Waals surface area contributed by atoms with E-state index in [1.165, 1.54) is 27.7 Å². The summed E-state index contributed by atoms with van der Waals surface area (Å²) in [6.45, 7) is 0.162. The lowest BCUT2D eigenvalue weighted by Gasteiger charge is -2.25. The van der Waals surface area contributed by atoms with Gasteiger partial charge in [-0.3, -0.25) is 108 Å². The van der Waals surface area contributed by atoms with Crippen molar-refractivity contribution in [1.82, 2.24) is 47.8 Å². The van der Waals surface area contributed by atoms with E-state index >= 15 is 0 Å². The van der Waals surface area contributed by atoms with Gasteiger partial charge in [-0.05, 0) is 27.7 Å². The number of phosphoric acid groups is 4. The van der Waals surface area contributed by atoms with Crippen LogP contribution in [0.1, 0.15) is 79.1 Å². The number of hydrogen-bond donors (Lipinski definition) is 12. The molecule has 0 saturated carbocycles. The van der Waals surface area contributed by atoms with Gasteiger partial charge in [0, 0.05) is 85.0 Å². The van der Waals surface area contributed by atoms with E-state index in [-0.39, 0.29) is 28.7 Å². The van der Waals surface area contributed by atoms with Crippen LogP contribution in [0.25, 0.3) is 0 Å². The largest absolute Gasteiger partial charge is 0.472 e. The average molecular weight is 1460 g/mol. The first-order valence-electron chi connectivity index (χ1n) is 28.9. The second-order valence-electron chi connectivity index (χ2n) is 22.8. The summed E-state index contributed by atoms with van der Waals surface area (Å²) in [4.78, 5) is 180. The van der Waals surface area contributed by atoms with Gasteiger partial charge in [0.2, 0.25) is 0 Å². The third-order valence-electron chi connectivity index (χ3n) is 15.9. The standard InChI is InChI=1S/C49H64N10O34P4/c1-20-11-56(46(69)51-40(20)64)34-7-24(28(15-60)85-34)90-94(73,74)81-16-29-25(8-35(86-29)57-12-21(2)41(65)52-47(57)70)91-95(75,76)82-17-30-26(9-36(87-30)58-13-22(3)42(66)53-48(58)71)92-96(77,78)83-18-31-27(10-37(88-31)59-14-23(4)43(67)54-49(59)72)93-97(79,80)84-19-32-38(62)39(63)44(89-32)55-6-5-33(61)50-45(55)68/h5-6,11-14,24-32,34-39,44,60,62-63H,7-10,15-19H2,1-4H3,(H,73,74)(H,75,76)(H,77,78)(H,79,80)(H,50,61,68)(H,51,64,69)(H,52,65,70)(H,53,66,71)(H,54,67,72)/t24?,25?,26?,27?,28-,29-,30-,31-,32-,34-,35-,36-,37-,38?,39+,44-/m1/s1. The van der Waals surface area contributed by atoms with Gasteiger partial charge in [0.25, 0.3) is 27.8 Å². The van der Waals surface area contributed by atoms with Gasteiger partial charge in [0.05, 0.1) is 33.0 Å². The number of aromatic amines is 5. The molecule has 9 unspecified atom stereocenters. The van der Waals surface area contributed by atoms with Crippen LogP contribution in [0.4, 0.5) is 0 Å². The van der Waals surface area contributed by atoms with Crippen LogP contribution in [0.3, 0.4) is 0 Å². The van der Waals surface area contributed by atoms with Gasteiger partial charge >= 0.3 is 59.7 Å². The zero-order chi connectivity index (χ0) is 70.5. The Bertz CT molecular complexity index is 4620. The molecular weight excluding hydrogens is 1400 g/mol. The molecule has 534 valence electrons. The number of aromatic nitrogens is 10. The van der Waals surface area contributed by atoms with E-state index in [1.54, 1.807) is 0 Å². The van der Waals surface area contributed by atoms with Crippen molar-refractivity contribution in [2.75, 3.05) is 33.0 Å². The Hall–Kier alpha value is -6.48. The number of aliphatic hydroxyl groups is 3. The van der Waals surface area contributed by atoms with Gasteiger partial charge in [-0.2, -0.15) is 0 Å². The third-order valence-corrected chi connectivity index (χ3v) is 19.9. The summed E-state index contributed by atoms with van der Waals surface area (Å²) in [7, 11) is -21.9. The van der Waals surface area contributed by atoms with Crippen LogP contribution in [0, 0.1) is 27.7 Å². The summed E-state index contributed by atoms with van der Waals surface area (Å²) in [6.07, 6.45) is -23.1. The summed E-state index contributed by atoms with van der Waals surface area (Å²) >= 11 is 0. The zero-order valence-electron chi connectivity index (χ0n) is 50.7. The maximum absolute atomic E-state index is 14.1. The number of hydrogen-bond acceptors (Lipinski definition) is 30. The lowest BCUT2D eigenvalue weighted by molar-refractivity contribution is -0.0658. The maximum Gasteiger partial charge on any atom is 0.472 e. The van der Waals surface area contributed by atoms with Crippen molar-refractivity contribution in [2.24, 2.45) is 0 Å². The Morgan fingerprint density at radius 1 is 0.412 bits per heavy atom. The van der Waals surface area contributed by atoms with Crippen molar-refractivity contribution < 1.29 is 113 Å². The van der Waals surface area contributed by atoms with Crippen molar-refractivity contribution in [1.29, 1.82) is 0 Å². The molecule has 5 saturated heterocycles. The first-order chi connectivity index (χ1) is 45.5. The van der Waals surface area contributed by atoms with Crippen molar-refractivity contribution in [2.45, 2.75) is 152 Å². The molecule has 0 radical (unpaired) electrons. The van der Waals surface area contributed by atoms with E-state index in [0.717, 1.165) is 59.9 Å². The number of phosphoric ester groups is 4. The molecule has 10 heterocycles. The molecule has 0 bridgehead atoms. The maximum atomic E-state index is 14.1. The van der Waals surface area contributed by atoms with Crippen LogP contribution in [0.15, 0.2) is 85.0 Å². The molecule has 0 aromatic carbocycles. The molecule has 48 heteroatoms. The fourth-order valence-corrected chi connectivity index (χ4v) is 14.8. The Morgan fingerprint density at radius 2 is 0.691 bits per heavy atom. The molecule has 5 aromatic heterocycles. The monoisotopic (exact) mass is 1460 g/mol. The summed E-state index contributed by atoms with van der Waals surface area (Å²) in [5.74, 6) is 0. The topological polar surface area (TPSA) is 604 Å². The molecule has 10 rings (SSSR count). The number of aryl methyl sites for hydroxylation is 4. The number of ether oxygens (including phenoxy) is 5. The molecule has 0 spiro atoms. The Balaban J connectivity index is 0.838. The van der Waals surface area contributed by atoms with Crippen LogP contribution in [0.2, 0.25) is 0 Å². The van der Waals surface area contributed by atoms with Crippen LogP contribution >= 0.6 is 31.3 Å². The number of nitrogens with zero attached hydrogens (tertiary/aromatic N) is 5. The van der Waals surface area contributed by atoms with Gasteiger partial charge in [-0.15, -0.1) is 0 Å². The van der Waals surface area contributed by atoms with Crippen molar-refractivity contribution in [3.05, 3.63) is 163 Å². The molecular formula is C49H64N10O34P4. The van der Waals surface area contributed by atoms with Gasteiger partial charge < -0.3 is 58.6 Å². The first-order valence-corrected chi connectivity index (χ1v) is 34.9. The second kappa shape index (κ2) is 29.0. The Labute approximate surface area is 538 Å². The molecule has 20 atom stereocenters. The first kappa shape index (κ1) is 73.2. The lowest BCUT2D eigenvalue weighted by atomic mass is 10.1. The van der Waals surface area contributed by atoms with Crippen LogP contribution in [-0.4, -0.2) is 183 Å². The fourth-order valence-electron chi connectivity index (χ4n) is 10.9. The Kier molecular flexibility index (Phi) is 21.9. The predicted molar refractivity (Wildman–Crippen MR) is 315 cm³/mol. The van der Waals surface area contributed by atoms with Gasteiger partial charge in [0.1, 0.15) is 92.1 Å². The van der Waals surface area contributed by atoms with E-state index in [4.69, 9.17) is 59.9 Å².